The number of thiophene rings is 1. The Balaban J connectivity index is 1.51. The van der Waals surface area contributed by atoms with Crippen LogP contribution in [0.1, 0.15) is 21.7 Å². The fraction of sp³-hybridized carbons (Fsp3) is 0.167. The number of fused-ring (bicyclic) bond motifs is 1. The Morgan fingerprint density at radius 1 is 1.32 bits per heavy atom. The van der Waals surface area contributed by atoms with Gasteiger partial charge in [-0.1, -0.05) is 12.1 Å². The number of imidazole rings is 1. The molecule has 0 fully saturated rings. The smallest absolute Gasteiger partial charge is 0.274 e. The lowest BCUT2D eigenvalue weighted by atomic mass is 10.3. The molecule has 6 nitrogen and oxygen atoms in total. The average Bonchev–Trinajstić information content (AvgIpc) is 3.33. The summed E-state index contributed by atoms with van der Waals surface area (Å²) in [7, 11) is 1.77. The zero-order valence-corrected chi connectivity index (χ0v) is 14.7. The summed E-state index contributed by atoms with van der Waals surface area (Å²) in [6.45, 7) is 2.46. The van der Waals surface area contributed by atoms with Crippen LogP contribution in [0.15, 0.2) is 48.1 Å². The molecule has 25 heavy (non-hydrogen) atoms. The predicted molar refractivity (Wildman–Crippen MR) is 97.6 cm³/mol. The highest BCUT2D eigenvalue weighted by Crippen LogP contribution is 2.23. The lowest BCUT2D eigenvalue weighted by Crippen LogP contribution is -2.26. The summed E-state index contributed by atoms with van der Waals surface area (Å²) < 4.78 is 1.88. The molecule has 0 aliphatic carbocycles. The van der Waals surface area contributed by atoms with Crippen molar-refractivity contribution in [2.75, 3.05) is 7.05 Å². The molecule has 1 N–H and O–H groups in total. The molecule has 1 amide bonds. The summed E-state index contributed by atoms with van der Waals surface area (Å²) in [5.41, 5.74) is 4.11. The number of aryl methyl sites for hydroxylation is 1. The third kappa shape index (κ3) is 3.06. The van der Waals surface area contributed by atoms with Gasteiger partial charge in [0.1, 0.15) is 17.0 Å². The Bertz CT molecular complexity index is 1030. The summed E-state index contributed by atoms with van der Waals surface area (Å²) in [6.07, 6.45) is 3.73. The quantitative estimate of drug-likeness (QED) is 0.613. The Kier molecular flexibility index (Phi) is 3.85. The minimum Gasteiger partial charge on any atom is -0.334 e. The third-order valence-corrected chi connectivity index (χ3v) is 4.87. The van der Waals surface area contributed by atoms with E-state index in [2.05, 4.69) is 15.2 Å². The molecule has 4 aromatic heterocycles. The lowest BCUT2D eigenvalue weighted by Gasteiger charge is -2.14. The summed E-state index contributed by atoms with van der Waals surface area (Å²) in [6, 6.07) is 9.89. The summed E-state index contributed by atoms with van der Waals surface area (Å²) >= 11 is 1.64. The second-order valence-electron chi connectivity index (χ2n) is 6.02. The number of H-pyrrole nitrogens is 1. The maximum atomic E-state index is 12.7. The molecule has 4 rings (SSSR count). The Labute approximate surface area is 148 Å². The van der Waals surface area contributed by atoms with Gasteiger partial charge in [-0.3, -0.25) is 9.89 Å². The Hall–Kier alpha value is -2.93. The van der Waals surface area contributed by atoms with Crippen molar-refractivity contribution >= 4 is 22.9 Å². The van der Waals surface area contributed by atoms with Gasteiger partial charge in [-0.05, 0) is 36.1 Å². The molecule has 0 spiro atoms. The minimum atomic E-state index is -0.117. The van der Waals surface area contributed by atoms with Crippen molar-refractivity contribution < 1.29 is 4.79 Å². The first-order chi connectivity index (χ1) is 12.1. The van der Waals surface area contributed by atoms with E-state index in [-0.39, 0.29) is 5.91 Å². The number of aromatic nitrogens is 4. The van der Waals surface area contributed by atoms with E-state index >= 15 is 0 Å². The van der Waals surface area contributed by atoms with Crippen molar-refractivity contribution in [2.24, 2.45) is 0 Å². The van der Waals surface area contributed by atoms with E-state index in [0.717, 1.165) is 27.5 Å². The minimum absolute atomic E-state index is 0.117. The van der Waals surface area contributed by atoms with Gasteiger partial charge in [0.05, 0.1) is 17.1 Å². The Morgan fingerprint density at radius 3 is 3.00 bits per heavy atom. The second-order valence-corrected chi connectivity index (χ2v) is 6.96. The van der Waals surface area contributed by atoms with Crippen LogP contribution in [-0.4, -0.2) is 37.4 Å². The average molecular weight is 351 g/mol. The highest BCUT2D eigenvalue weighted by Gasteiger charge is 2.17. The summed E-state index contributed by atoms with van der Waals surface area (Å²) in [4.78, 5) is 19.8. The molecule has 0 aliphatic rings. The maximum absolute atomic E-state index is 12.7. The number of hydrogen-bond acceptors (Lipinski definition) is 4. The molecule has 0 saturated carbocycles. The molecule has 0 saturated heterocycles. The van der Waals surface area contributed by atoms with Crippen LogP contribution in [0.3, 0.4) is 0 Å². The van der Waals surface area contributed by atoms with Crippen LogP contribution in [0, 0.1) is 6.92 Å². The van der Waals surface area contributed by atoms with Crippen molar-refractivity contribution in [1.29, 1.82) is 0 Å². The molecule has 4 heterocycles. The monoisotopic (exact) mass is 351 g/mol. The lowest BCUT2D eigenvalue weighted by molar-refractivity contribution is 0.0778. The first kappa shape index (κ1) is 15.6. The number of pyridine rings is 1. The molecule has 7 heteroatoms. The molecule has 0 radical (unpaired) electrons. The molecule has 0 aliphatic heterocycles. The van der Waals surface area contributed by atoms with Crippen LogP contribution in [0.5, 0.6) is 0 Å². The fourth-order valence-corrected chi connectivity index (χ4v) is 3.41. The van der Waals surface area contributed by atoms with Gasteiger partial charge in [0.2, 0.25) is 0 Å². The van der Waals surface area contributed by atoms with Crippen LogP contribution >= 0.6 is 11.3 Å². The van der Waals surface area contributed by atoms with Gasteiger partial charge >= 0.3 is 0 Å². The van der Waals surface area contributed by atoms with E-state index in [1.54, 1.807) is 29.5 Å². The van der Waals surface area contributed by atoms with Gasteiger partial charge < -0.3 is 9.30 Å². The topological polar surface area (TPSA) is 66.3 Å². The van der Waals surface area contributed by atoms with Crippen molar-refractivity contribution in [3.05, 3.63) is 65.1 Å². The highest BCUT2D eigenvalue weighted by atomic mass is 32.1. The number of carbonyl (C=O) groups is 1. The van der Waals surface area contributed by atoms with Gasteiger partial charge in [0.25, 0.3) is 5.91 Å². The zero-order valence-electron chi connectivity index (χ0n) is 13.9. The van der Waals surface area contributed by atoms with Gasteiger partial charge in [0, 0.05) is 19.4 Å². The molecule has 126 valence electrons. The predicted octanol–water partition coefficient (Wildman–Crippen LogP) is 3.37. The molecular formula is C18H17N5OS. The van der Waals surface area contributed by atoms with E-state index in [1.807, 2.05) is 53.2 Å². The standard InChI is InChI=1S/C18H17N5OS/c1-12-5-6-17-19-15(11-23(17)9-12)18(24)22(2)10-13-8-14(21-20-13)16-4-3-7-25-16/h3-9,11H,10H2,1-2H3,(H,20,21). The Morgan fingerprint density at radius 2 is 2.20 bits per heavy atom. The summed E-state index contributed by atoms with van der Waals surface area (Å²) in [5, 5.41) is 9.34. The molecule has 0 atom stereocenters. The van der Waals surface area contributed by atoms with E-state index in [0.29, 0.717) is 12.2 Å². The van der Waals surface area contributed by atoms with E-state index in [9.17, 15) is 4.79 Å². The van der Waals surface area contributed by atoms with E-state index < -0.39 is 0 Å². The number of nitrogens with one attached hydrogen (secondary N) is 1. The largest absolute Gasteiger partial charge is 0.334 e. The molecule has 0 aromatic carbocycles. The molecule has 4 aromatic rings. The van der Waals surface area contributed by atoms with Crippen molar-refractivity contribution in [3.8, 4) is 10.6 Å². The van der Waals surface area contributed by atoms with Crippen molar-refractivity contribution in [1.82, 2.24) is 24.5 Å². The van der Waals surface area contributed by atoms with Crippen LogP contribution in [0.4, 0.5) is 0 Å². The van der Waals surface area contributed by atoms with Gasteiger partial charge in [0.15, 0.2) is 0 Å². The number of amides is 1. The number of carbonyl (C=O) groups excluding carboxylic acids is 1. The first-order valence-corrected chi connectivity index (χ1v) is 8.77. The van der Waals surface area contributed by atoms with Crippen LogP contribution < -0.4 is 0 Å². The third-order valence-electron chi connectivity index (χ3n) is 3.98. The van der Waals surface area contributed by atoms with E-state index in [1.165, 1.54) is 0 Å². The zero-order chi connectivity index (χ0) is 17.4. The molecular weight excluding hydrogens is 334 g/mol. The first-order valence-electron chi connectivity index (χ1n) is 7.89. The maximum Gasteiger partial charge on any atom is 0.274 e. The van der Waals surface area contributed by atoms with E-state index in [4.69, 9.17) is 0 Å². The second kappa shape index (κ2) is 6.18. The van der Waals surface area contributed by atoms with Crippen LogP contribution in [-0.2, 0) is 6.54 Å². The van der Waals surface area contributed by atoms with Gasteiger partial charge in [-0.2, -0.15) is 5.10 Å². The van der Waals surface area contributed by atoms with Crippen molar-refractivity contribution in [3.63, 3.8) is 0 Å². The fourth-order valence-electron chi connectivity index (χ4n) is 2.72. The van der Waals surface area contributed by atoms with Crippen molar-refractivity contribution in [2.45, 2.75) is 13.5 Å². The molecule has 0 unspecified atom stereocenters. The SMILES string of the molecule is Cc1ccc2nc(C(=O)N(C)Cc3cc(-c4cccs4)n[nH]3)cn2c1. The highest BCUT2D eigenvalue weighted by molar-refractivity contribution is 7.13. The van der Waals surface area contributed by atoms with Crippen LogP contribution in [0.2, 0.25) is 0 Å². The number of hydrogen-bond donors (Lipinski definition) is 1. The summed E-state index contributed by atoms with van der Waals surface area (Å²) in [5.74, 6) is -0.117. The number of rotatable bonds is 4. The van der Waals surface area contributed by atoms with Gasteiger partial charge in [-0.25, -0.2) is 4.98 Å². The number of nitrogens with zero attached hydrogens (tertiary/aromatic N) is 4. The van der Waals surface area contributed by atoms with Gasteiger partial charge in [-0.15, -0.1) is 11.3 Å². The number of aromatic amines is 1. The van der Waals surface area contributed by atoms with Crippen LogP contribution in [0.25, 0.3) is 16.2 Å². The molecule has 0 bridgehead atoms. The normalized spacial score (nSPS) is 11.1.